The summed E-state index contributed by atoms with van der Waals surface area (Å²) in [6, 6.07) is 6.93. The highest BCUT2D eigenvalue weighted by Gasteiger charge is 2.23. The Balaban J connectivity index is 1.79. The average molecular weight is 393 g/mol. The van der Waals surface area contributed by atoms with E-state index >= 15 is 0 Å². The number of thiocarbonyl (C=S) groups is 1. The van der Waals surface area contributed by atoms with Gasteiger partial charge in [-0.3, -0.25) is 4.79 Å². The predicted octanol–water partition coefficient (Wildman–Crippen LogP) is 2.99. The fraction of sp³-hybridized carbons (Fsp3) is 0.278. The van der Waals surface area contributed by atoms with E-state index in [4.69, 9.17) is 26.4 Å². The van der Waals surface area contributed by atoms with Gasteiger partial charge < -0.3 is 19.5 Å². The zero-order chi connectivity index (χ0) is 18.9. The number of hydrogen-bond donors (Lipinski definition) is 1. The second kappa shape index (κ2) is 9.98. The second-order valence-electron chi connectivity index (χ2n) is 5.13. The maximum absolute atomic E-state index is 11.7. The number of carbonyl (C=O) groups excluding carboxylic acids is 2. The number of allylic oxidation sites excluding steroid dienone is 2. The molecular formula is C18H19NO5S2. The number of amides is 1. The molecule has 0 atom stereocenters. The van der Waals surface area contributed by atoms with Gasteiger partial charge in [0.25, 0.3) is 5.91 Å². The van der Waals surface area contributed by atoms with Crippen molar-refractivity contribution in [3.8, 4) is 11.5 Å². The van der Waals surface area contributed by atoms with Gasteiger partial charge >= 0.3 is 5.97 Å². The van der Waals surface area contributed by atoms with Crippen molar-refractivity contribution in [2.24, 2.45) is 0 Å². The van der Waals surface area contributed by atoms with Crippen molar-refractivity contribution in [1.29, 1.82) is 0 Å². The molecule has 1 aromatic carbocycles. The molecule has 1 heterocycles. The molecule has 1 aliphatic heterocycles. The van der Waals surface area contributed by atoms with Crippen LogP contribution in [0.25, 0.3) is 0 Å². The number of esters is 1. The van der Waals surface area contributed by atoms with Crippen molar-refractivity contribution in [2.45, 2.75) is 13.8 Å². The monoisotopic (exact) mass is 393 g/mol. The second-order valence-corrected chi connectivity index (χ2v) is 6.82. The summed E-state index contributed by atoms with van der Waals surface area (Å²) in [6.45, 7) is 4.15. The van der Waals surface area contributed by atoms with Gasteiger partial charge in [-0.05, 0) is 49.8 Å². The molecular weight excluding hydrogens is 374 g/mol. The first-order chi connectivity index (χ1) is 12.5. The standard InChI is InChI=1S/C18H19NO5S2/c1-3-22-15(20)11-24-14-8-6-13(7-9-14)23-10-4-5-12(2)16-17(21)19-18(25)26-16/h4-9H,3,10-11H2,1-2H3,(H,19,21,25)/b5-4+,16-12+. The lowest BCUT2D eigenvalue weighted by molar-refractivity contribution is -0.145. The number of carbonyl (C=O) groups is 2. The van der Waals surface area contributed by atoms with E-state index in [2.05, 4.69) is 5.32 Å². The molecule has 0 aromatic heterocycles. The van der Waals surface area contributed by atoms with Crippen LogP contribution in [0.2, 0.25) is 0 Å². The molecule has 1 fully saturated rings. The molecule has 138 valence electrons. The van der Waals surface area contributed by atoms with E-state index in [-0.39, 0.29) is 12.5 Å². The molecule has 0 aliphatic carbocycles. The van der Waals surface area contributed by atoms with Crippen LogP contribution in [0.15, 0.2) is 46.9 Å². The first kappa shape index (κ1) is 20.0. The highest BCUT2D eigenvalue weighted by Crippen LogP contribution is 2.27. The summed E-state index contributed by atoms with van der Waals surface area (Å²) in [7, 11) is 0. The molecule has 1 amide bonds. The van der Waals surface area contributed by atoms with Gasteiger partial charge in [-0.15, -0.1) is 0 Å². The Kier molecular flexibility index (Phi) is 7.68. The third kappa shape index (κ3) is 6.20. The number of nitrogens with one attached hydrogen (secondary N) is 1. The summed E-state index contributed by atoms with van der Waals surface area (Å²) < 4.78 is 16.2. The SMILES string of the molecule is CCOC(=O)COc1ccc(OC/C=C/C(C)=C2/SC(=S)NC2=O)cc1. The van der Waals surface area contributed by atoms with Gasteiger partial charge in [0.2, 0.25) is 0 Å². The lowest BCUT2D eigenvalue weighted by Gasteiger charge is -2.07. The zero-order valence-corrected chi connectivity index (χ0v) is 16.1. The minimum atomic E-state index is -0.405. The van der Waals surface area contributed by atoms with Crippen molar-refractivity contribution in [2.75, 3.05) is 19.8 Å². The number of hydrogen-bond acceptors (Lipinski definition) is 7. The molecule has 0 radical (unpaired) electrons. The minimum Gasteiger partial charge on any atom is -0.490 e. The highest BCUT2D eigenvalue weighted by molar-refractivity contribution is 8.26. The molecule has 0 bridgehead atoms. The Morgan fingerprint density at radius 2 is 1.88 bits per heavy atom. The normalized spacial score (nSPS) is 15.8. The van der Waals surface area contributed by atoms with Crippen LogP contribution in [0, 0.1) is 0 Å². The largest absolute Gasteiger partial charge is 0.490 e. The highest BCUT2D eigenvalue weighted by atomic mass is 32.2. The maximum atomic E-state index is 11.7. The van der Waals surface area contributed by atoms with E-state index < -0.39 is 5.97 Å². The molecule has 1 saturated heterocycles. The summed E-state index contributed by atoms with van der Waals surface area (Å²) in [5.41, 5.74) is 0.832. The van der Waals surface area contributed by atoms with Crippen LogP contribution < -0.4 is 14.8 Å². The Hall–Kier alpha value is -2.32. The number of thioether (sulfide) groups is 1. The maximum Gasteiger partial charge on any atom is 0.344 e. The fourth-order valence-corrected chi connectivity index (χ4v) is 3.04. The first-order valence-electron chi connectivity index (χ1n) is 7.91. The van der Waals surface area contributed by atoms with Gasteiger partial charge in [0, 0.05) is 0 Å². The summed E-state index contributed by atoms with van der Waals surface area (Å²) in [5, 5.41) is 2.59. The number of benzene rings is 1. The molecule has 0 unspecified atom stereocenters. The average Bonchev–Trinajstić information content (AvgIpc) is 2.96. The van der Waals surface area contributed by atoms with Crippen LogP contribution in [0.1, 0.15) is 13.8 Å². The van der Waals surface area contributed by atoms with Gasteiger partial charge in [-0.25, -0.2) is 4.79 Å². The molecule has 8 heteroatoms. The van der Waals surface area contributed by atoms with Gasteiger partial charge in [0.1, 0.15) is 22.4 Å². The quantitative estimate of drug-likeness (QED) is 0.413. The van der Waals surface area contributed by atoms with Crippen molar-refractivity contribution in [3.05, 3.63) is 46.9 Å². The molecule has 1 aliphatic rings. The van der Waals surface area contributed by atoms with Gasteiger partial charge in [-0.1, -0.05) is 30.1 Å². The first-order valence-corrected chi connectivity index (χ1v) is 9.14. The van der Waals surface area contributed by atoms with Crippen molar-refractivity contribution in [1.82, 2.24) is 5.32 Å². The van der Waals surface area contributed by atoms with E-state index in [1.807, 2.05) is 19.1 Å². The Bertz CT molecular complexity index is 740. The van der Waals surface area contributed by atoms with Crippen LogP contribution in [-0.2, 0) is 14.3 Å². The fourth-order valence-electron chi connectivity index (χ4n) is 2.00. The minimum absolute atomic E-state index is 0.125. The van der Waals surface area contributed by atoms with E-state index in [9.17, 15) is 9.59 Å². The van der Waals surface area contributed by atoms with Gasteiger partial charge in [-0.2, -0.15) is 0 Å². The summed E-state index contributed by atoms with van der Waals surface area (Å²) >= 11 is 6.22. The predicted molar refractivity (Wildman–Crippen MR) is 104 cm³/mol. The third-order valence-electron chi connectivity index (χ3n) is 3.17. The van der Waals surface area contributed by atoms with E-state index in [0.717, 1.165) is 5.57 Å². The van der Waals surface area contributed by atoms with Gasteiger partial charge in [0.05, 0.1) is 11.5 Å². The molecule has 26 heavy (non-hydrogen) atoms. The Morgan fingerprint density at radius 1 is 1.23 bits per heavy atom. The molecule has 1 N–H and O–H groups in total. The number of ether oxygens (including phenoxy) is 3. The Labute approximate surface area is 161 Å². The van der Waals surface area contributed by atoms with Crippen LogP contribution in [0.4, 0.5) is 0 Å². The van der Waals surface area contributed by atoms with E-state index in [1.165, 1.54) is 11.8 Å². The molecule has 6 nitrogen and oxygen atoms in total. The molecule has 1 aromatic rings. The molecule has 0 saturated carbocycles. The summed E-state index contributed by atoms with van der Waals surface area (Å²) in [4.78, 5) is 23.5. The third-order valence-corrected chi connectivity index (χ3v) is 4.53. The van der Waals surface area contributed by atoms with Crippen molar-refractivity contribution < 1.29 is 23.8 Å². The van der Waals surface area contributed by atoms with Crippen LogP contribution in [0.5, 0.6) is 11.5 Å². The van der Waals surface area contributed by atoms with Crippen LogP contribution in [-0.4, -0.2) is 36.0 Å². The topological polar surface area (TPSA) is 73.9 Å². The van der Waals surface area contributed by atoms with Crippen molar-refractivity contribution in [3.63, 3.8) is 0 Å². The van der Waals surface area contributed by atoms with Crippen molar-refractivity contribution >= 4 is 40.2 Å². The smallest absolute Gasteiger partial charge is 0.344 e. The van der Waals surface area contributed by atoms with E-state index in [1.54, 1.807) is 31.2 Å². The molecule has 2 rings (SSSR count). The summed E-state index contributed by atoms with van der Waals surface area (Å²) in [6.07, 6.45) is 3.65. The van der Waals surface area contributed by atoms with Gasteiger partial charge in [0.15, 0.2) is 6.61 Å². The van der Waals surface area contributed by atoms with E-state index in [0.29, 0.717) is 33.9 Å². The lowest BCUT2D eigenvalue weighted by Crippen LogP contribution is -2.18. The number of rotatable bonds is 8. The lowest BCUT2D eigenvalue weighted by atomic mass is 10.2. The van der Waals surface area contributed by atoms with Crippen LogP contribution >= 0.6 is 24.0 Å². The molecule has 0 spiro atoms. The van der Waals surface area contributed by atoms with Crippen LogP contribution in [0.3, 0.4) is 0 Å². The zero-order valence-electron chi connectivity index (χ0n) is 14.4. The Morgan fingerprint density at radius 3 is 2.46 bits per heavy atom. The summed E-state index contributed by atoms with van der Waals surface area (Å²) in [5.74, 6) is 0.651.